The Morgan fingerprint density at radius 3 is 2.60 bits per heavy atom. The zero-order valence-corrected chi connectivity index (χ0v) is 18.1. The number of thioether (sulfide) groups is 1. The molecular formula is C21H16Cl2FN3O2S. The molecule has 1 amide bonds. The number of nitrogens with one attached hydrogen (secondary N) is 1. The van der Waals surface area contributed by atoms with Gasteiger partial charge in [-0.15, -0.1) is 0 Å². The third-order valence-corrected chi connectivity index (χ3v) is 6.77. The highest BCUT2D eigenvalue weighted by Gasteiger charge is 2.32. The van der Waals surface area contributed by atoms with Crippen molar-refractivity contribution in [3.05, 3.63) is 85.4 Å². The summed E-state index contributed by atoms with van der Waals surface area (Å²) >= 11 is 13.5. The van der Waals surface area contributed by atoms with Gasteiger partial charge in [-0.05, 0) is 35.4 Å². The van der Waals surface area contributed by atoms with E-state index in [2.05, 4.69) is 10.3 Å². The van der Waals surface area contributed by atoms with Crippen LogP contribution in [0.4, 0.5) is 10.2 Å². The number of nitrogens with zero attached hydrogens (tertiary/aromatic N) is 2. The van der Waals surface area contributed by atoms with Crippen molar-refractivity contribution in [3.63, 3.8) is 0 Å². The number of carbonyl (C=O) groups excluding carboxylic acids is 1. The molecule has 2 aromatic carbocycles. The van der Waals surface area contributed by atoms with Gasteiger partial charge in [0.2, 0.25) is 5.91 Å². The molecule has 0 aliphatic carbocycles. The lowest BCUT2D eigenvalue weighted by Crippen LogP contribution is -2.33. The average molecular weight is 464 g/mol. The first kappa shape index (κ1) is 20.9. The third kappa shape index (κ3) is 4.10. The van der Waals surface area contributed by atoms with Crippen molar-refractivity contribution in [2.75, 3.05) is 5.32 Å². The normalized spacial score (nSPS) is 15.6. The monoisotopic (exact) mass is 463 g/mol. The van der Waals surface area contributed by atoms with Crippen LogP contribution in [0.25, 0.3) is 0 Å². The largest absolute Gasteiger partial charge is 0.312 e. The second kappa shape index (κ2) is 8.41. The predicted octanol–water partition coefficient (Wildman–Crippen LogP) is 4.99. The van der Waals surface area contributed by atoms with Gasteiger partial charge in [0.15, 0.2) is 5.16 Å². The summed E-state index contributed by atoms with van der Waals surface area (Å²) in [5, 5.41) is 4.02. The lowest BCUT2D eigenvalue weighted by atomic mass is 9.87. The van der Waals surface area contributed by atoms with Crippen LogP contribution < -0.4 is 10.9 Å². The van der Waals surface area contributed by atoms with Gasteiger partial charge in [-0.2, -0.15) is 4.98 Å². The van der Waals surface area contributed by atoms with Gasteiger partial charge in [-0.1, -0.05) is 53.2 Å². The fourth-order valence-corrected chi connectivity index (χ4v) is 4.63. The maximum atomic E-state index is 13.1. The molecule has 9 heteroatoms. The van der Waals surface area contributed by atoms with E-state index in [1.165, 1.54) is 23.9 Å². The average Bonchev–Trinajstić information content (AvgIpc) is 2.72. The Balaban J connectivity index is 1.71. The maximum Gasteiger partial charge on any atom is 0.279 e. The molecule has 0 saturated carbocycles. The van der Waals surface area contributed by atoms with Crippen LogP contribution in [0.2, 0.25) is 10.0 Å². The van der Waals surface area contributed by atoms with E-state index in [0.29, 0.717) is 32.3 Å². The summed E-state index contributed by atoms with van der Waals surface area (Å²) in [4.78, 5) is 29.6. The van der Waals surface area contributed by atoms with Crippen molar-refractivity contribution in [2.45, 2.75) is 23.2 Å². The lowest BCUT2D eigenvalue weighted by molar-refractivity contribution is -0.116. The van der Waals surface area contributed by atoms with Gasteiger partial charge in [0.25, 0.3) is 5.56 Å². The van der Waals surface area contributed by atoms with E-state index in [1.54, 1.807) is 41.9 Å². The molecule has 30 heavy (non-hydrogen) atoms. The highest BCUT2D eigenvalue weighted by atomic mass is 35.5. The Kier molecular flexibility index (Phi) is 5.86. The molecule has 1 N–H and O–H groups in total. The van der Waals surface area contributed by atoms with Crippen LogP contribution in [-0.2, 0) is 17.6 Å². The molecular weight excluding hydrogens is 448 g/mol. The van der Waals surface area contributed by atoms with Crippen LogP contribution in [0.5, 0.6) is 0 Å². The minimum atomic E-state index is -0.467. The third-order valence-electron chi connectivity index (χ3n) is 4.93. The first-order valence-corrected chi connectivity index (χ1v) is 10.8. The molecule has 1 aromatic heterocycles. The molecule has 5 nitrogen and oxygen atoms in total. The smallest absolute Gasteiger partial charge is 0.279 e. The number of rotatable bonds is 4. The summed E-state index contributed by atoms with van der Waals surface area (Å²) in [5.41, 5.74) is 1.64. The highest BCUT2D eigenvalue weighted by molar-refractivity contribution is 7.98. The molecule has 0 radical (unpaired) electrons. The van der Waals surface area contributed by atoms with Crippen molar-refractivity contribution in [1.82, 2.24) is 9.55 Å². The van der Waals surface area contributed by atoms with Crippen LogP contribution in [0.1, 0.15) is 29.0 Å². The van der Waals surface area contributed by atoms with E-state index in [4.69, 9.17) is 23.2 Å². The van der Waals surface area contributed by atoms with Crippen LogP contribution in [0.3, 0.4) is 0 Å². The fourth-order valence-electron chi connectivity index (χ4n) is 3.41. The van der Waals surface area contributed by atoms with Crippen molar-refractivity contribution in [3.8, 4) is 0 Å². The summed E-state index contributed by atoms with van der Waals surface area (Å²) in [6, 6.07) is 11.2. The molecule has 0 saturated heterocycles. The zero-order chi connectivity index (χ0) is 21.4. The molecule has 0 spiro atoms. The Morgan fingerprint density at radius 2 is 1.90 bits per heavy atom. The second-order valence-corrected chi connectivity index (χ2v) is 8.67. The van der Waals surface area contributed by atoms with Gasteiger partial charge in [-0.3, -0.25) is 9.59 Å². The van der Waals surface area contributed by atoms with Crippen molar-refractivity contribution < 1.29 is 9.18 Å². The number of fused-ring (bicyclic) bond motifs is 1. The molecule has 3 aromatic rings. The molecule has 4 rings (SSSR count). The number of amides is 1. The summed E-state index contributed by atoms with van der Waals surface area (Å²) in [5.74, 6) is -0.0491. The quantitative estimate of drug-likeness (QED) is 0.437. The van der Waals surface area contributed by atoms with E-state index >= 15 is 0 Å². The Labute approximate surface area is 186 Å². The maximum absolute atomic E-state index is 13.1. The molecule has 1 atom stereocenters. The van der Waals surface area contributed by atoms with Crippen LogP contribution in [0.15, 0.2) is 52.4 Å². The first-order chi connectivity index (χ1) is 14.3. The van der Waals surface area contributed by atoms with E-state index in [1.807, 2.05) is 0 Å². The number of aromatic nitrogens is 2. The second-order valence-electron chi connectivity index (χ2n) is 6.91. The Hall–Kier alpha value is -2.35. The van der Waals surface area contributed by atoms with Gasteiger partial charge < -0.3 is 9.88 Å². The number of halogens is 3. The van der Waals surface area contributed by atoms with Gasteiger partial charge in [0.05, 0.1) is 15.6 Å². The summed E-state index contributed by atoms with van der Waals surface area (Å²) in [6.07, 6.45) is 0.115. The molecule has 0 fully saturated rings. The number of anilines is 1. The van der Waals surface area contributed by atoms with Gasteiger partial charge in [0.1, 0.15) is 11.6 Å². The number of carbonyl (C=O) groups is 1. The van der Waals surface area contributed by atoms with Crippen LogP contribution in [-0.4, -0.2) is 15.5 Å². The molecule has 0 bridgehead atoms. The predicted molar refractivity (Wildman–Crippen MR) is 117 cm³/mol. The summed E-state index contributed by atoms with van der Waals surface area (Å²) < 4.78 is 14.8. The topological polar surface area (TPSA) is 64.0 Å². The molecule has 1 aliphatic rings. The van der Waals surface area contributed by atoms with E-state index in [9.17, 15) is 14.0 Å². The van der Waals surface area contributed by atoms with Crippen molar-refractivity contribution in [2.24, 2.45) is 7.05 Å². The van der Waals surface area contributed by atoms with Crippen molar-refractivity contribution in [1.29, 1.82) is 0 Å². The number of hydrogen-bond donors (Lipinski definition) is 1. The molecule has 1 aliphatic heterocycles. The van der Waals surface area contributed by atoms with Crippen molar-refractivity contribution >= 4 is 46.7 Å². The first-order valence-electron chi connectivity index (χ1n) is 9.06. The van der Waals surface area contributed by atoms with E-state index in [0.717, 1.165) is 11.1 Å². The number of hydrogen-bond acceptors (Lipinski definition) is 4. The lowest BCUT2D eigenvalue weighted by Gasteiger charge is -2.27. The Morgan fingerprint density at radius 1 is 1.17 bits per heavy atom. The summed E-state index contributed by atoms with van der Waals surface area (Å²) in [7, 11) is 1.75. The van der Waals surface area contributed by atoms with Gasteiger partial charge in [0, 0.05) is 25.1 Å². The van der Waals surface area contributed by atoms with E-state index < -0.39 is 11.5 Å². The minimum absolute atomic E-state index is 0.115. The highest BCUT2D eigenvalue weighted by Crippen LogP contribution is 2.38. The van der Waals surface area contributed by atoms with Gasteiger partial charge in [-0.25, -0.2) is 4.39 Å². The number of benzene rings is 2. The Bertz CT molecular complexity index is 1200. The fraction of sp³-hybridized carbons (Fsp3) is 0.190. The molecule has 1 unspecified atom stereocenters. The standard InChI is InChI=1S/C21H16Cl2FN3O2S/c1-27-19-18(14(9-17(28)25-19)12-4-7-15(22)16(23)8-12)20(29)26-21(27)30-10-11-2-5-13(24)6-3-11/h2-8,14H,9-10H2,1H3,(H,25,28). The van der Waals surface area contributed by atoms with Crippen LogP contribution in [0, 0.1) is 5.82 Å². The zero-order valence-electron chi connectivity index (χ0n) is 15.8. The summed E-state index contributed by atoms with van der Waals surface area (Å²) in [6.45, 7) is 0. The molecule has 154 valence electrons. The SMILES string of the molecule is Cn1c(SCc2ccc(F)cc2)nc(=O)c2c1NC(=O)CC2c1ccc(Cl)c(Cl)c1. The minimum Gasteiger partial charge on any atom is -0.312 e. The van der Waals surface area contributed by atoms with Gasteiger partial charge >= 0.3 is 0 Å². The van der Waals surface area contributed by atoms with Crippen LogP contribution >= 0.6 is 35.0 Å². The molecule has 2 heterocycles. The van der Waals surface area contributed by atoms with E-state index in [-0.39, 0.29) is 18.1 Å².